The summed E-state index contributed by atoms with van der Waals surface area (Å²) >= 11 is 0. The number of hydrogen-bond donors (Lipinski definition) is 1. The molecule has 31 heavy (non-hydrogen) atoms. The number of benzene rings is 1. The van der Waals surface area contributed by atoms with Crippen molar-refractivity contribution in [3.8, 4) is 0 Å². The Morgan fingerprint density at radius 3 is 2.32 bits per heavy atom. The second-order valence-electron chi connectivity index (χ2n) is 7.72. The van der Waals surface area contributed by atoms with Gasteiger partial charge in [-0.1, -0.05) is 12.1 Å². The van der Waals surface area contributed by atoms with Crippen LogP contribution in [0.15, 0.2) is 24.3 Å². The van der Waals surface area contributed by atoms with Crippen LogP contribution in [0.3, 0.4) is 0 Å². The Bertz CT molecular complexity index is 964. The van der Waals surface area contributed by atoms with E-state index in [1.165, 1.54) is 17.0 Å². The van der Waals surface area contributed by atoms with E-state index in [2.05, 4.69) is 5.32 Å². The number of urea groups is 1. The van der Waals surface area contributed by atoms with Crippen molar-refractivity contribution in [2.75, 3.05) is 13.2 Å². The molecule has 1 heterocycles. The highest BCUT2D eigenvalue weighted by atomic mass is 19.1. The molecular formula is C23H30FN3O4. The predicted molar refractivity (Wildman–Crippen MR) is 116 cm³/mol. The quantitative estimate of drug-likeness (QED) is 0.510. The number of ketones is 1. The number of halogens is 1. The molecule has 1 aromatic heterocycles. The maximum absolute atomic E-state index is 13.2. The van der Waals surface area contributed by atoms with Crippen LogP contribution in [0.25, 0.3) is 0 Å². The Morgan fingerprint density at radius 1 is 1.16 bits per heavy atom. The molecule has 8 heteroatoms. The maximum Gasteiger partial charge on any atom is 0.355 e. The van der Waals surface area contributed by atoms with Crippen molar-refractivity contribution in [3.05, 3.63) is 58.2 Å². The number of carbonyl (C=O) groups excluding carboxylic acids is 3. The summed E-state index contributed by atoms with van der Waals surface area (Å²) in [6.45, 7) is 9.00. The van der Waals surface area contributed by atoms with Crippen molar-refractivity contribution in [2.24, 2.45) is 7.05 Å². The Kier molecular flexibility index (Phi) is 7.96. The molecule has 168 valence electrons. The first-order chi connectivity index (χ1) is 14.6. The normalized spacial score (nSPS) is 10.8. The standard InChI is InChI=1S/C23H30FN3O4/c1-7-31-22(29)21-15(4)20(16(5)26(21)6)19(28)13-27(23(30)25-14(2)3)12-17-8-10-18(24)11-9-17/h8-11,14H,7,12-13H2,1-6H3,(H,25,30). The summed E-state index contributed by atoms with van der Waals surface area (Å²) in [7, 11) is 1.70. The lowest BCUT2D eigenvalue weighted by Gasteiger charge is -2.24. The van der Waals surface area contributed by atoms with Gasteiger partial charge < -0.3 is 19.5 Å². The molecule has 0 unspecified atom stereocenters. The number of nitrogens with one attached hydrogen (secondary N) is 1. The summed E-state index contributed by atoms with van der Waals surface area (Å²) in [5.41, 5.74) is 2.55. The fraction of sp³-hybridized carbons (Fsp3) is 0.435. The minimum atomic E-state index is -0.495. The summed E-state index contributed by atoms with van der Waals surface area (Å²) < 4.78 is 20.0. The Morgan fingerprint density at radius 2 is 1.77 bits per heavy atom. The van der Waals surface area contributed by atoms with Gasteiger partial charge in [0.2, 0.25) is 0 Å². The van der Waals surface area contributed by atoms with Crippen LogP contribution in [0.4, 0.5) is 9.18 Å². The molecule has 0 aliphatic rings. The second kappa shape index (κ2) is 10.2. The van der Waals surface area contributed by atoms with Gasteiger partial charge in [-0.05, 0) is 57.9 Å². The average molecular weight is 432 g/mol. The largest absolute Gasteiger partial charge is 0.461 e. The van der Waals surface area contributed by atoms with Crippen LogP contribution in [0.5, 0.6) is 0 Å². The summed E-state index contributed by atoms with van der Waals surface area (Å²) in [6.07, 6.45) is 0. The summed E-state index contributed by atoms with van der Waals surface area (Å²) in [5, 5.41) is 2.79. The molecular weight excluding hydrogens is 401 g/mol. The van der Waals surface area contributed by atoms with Gasteiger partial charge in [0.05, 0.1) is 13.2 Å². The van der Waals surface area contributed by atoms with E-state index in [0.29, 0.717) is 28.1 Å². The Balaban J connectivity index is 2.34. The highest BCUT2D eigenvalue weighted by Gasteiger charge is 2.28. The highest BCUT2D eigenvalue weighted by Crippen LogP contribution is 2.23. The predicted octanol–water partition coefficient (Wildman–Crippen LogP) is 3.76. The van der Waals surface area contributed by atoms with Crippen molar-refractivity contribution >= 4 is 17.8 Å². The van der Waals surface area contributed by atoms with Gasteiger partial charge >= 0.3 is 12.0 Å². The molecule has 0 bridgehead atoms. The fourth-order valence-electron chi connectivity index (χ4n) is 3.48. The van der Waals surface area contributed by atoms with Crippen molar-refractivity contribution < 1.29 is 23.5 Å². The van der Waals surface area contributed by atoms with Crippen molar-refractivity contribution in [1.82, 2.24) is 14.8 Å². The van der Waals surface area contributed by atoms with Gasteiger partial charge in [-0.25, -0.2) is 14.0 Å². The van der Waals surface area contributed by atoms with E-state index in [0.717, 1.165) is 0 Å². The molecule has 0 aliphatic heterocycles. The molecule has 0 saturated carbocycles. The second-order valence-corrected chi connectivity index (χ2v) is 7.72. The lowest BCUT2D eigenvalue weighted by atomic mass is 10.0. The minimum absolute atomic E-state index is 0.117. The molecule has 0 fully saturated rings. The van der Waals surface area contributed by atoms with Gasteiger partial charge in [0.1, 0.15) is 11.5 Å². The average Bonchev–Trinajstić information content (AvgIpc) is 2.91. The maximum atomic E-state index is 13.2. The van der Waals surface area contributed by atoms with Crippen molar-refractivity contribution in [2.45, 2.75) is 47.2 Å². The third-order valence-corrected chi connectivity index (χ3v) is 5.00. The van der Waals surface area contributed by atoms with E-state index in [4.69, 9.17) is 4.74 Å². The molecule has 1 N–H and O–H groups in total. The van der Waals surface area contributed by atoms with Crippen LogP contribution in [0.2, 0.25) is 0 Å². The number of Topliss-reactive ketones (excluding diaryl/α,β-unsaturated/α-hetero) is 1. The first kappa shape index (κ1) is 24.1. The van der Waals surface area contributed by atoms with Gasteiger partial charge in [0, 0.05) is 30.9 Å². The van der Waals surface area contributed by atoms with Crippen LogP contribution in [0.1, 0.15) is 58.4 Å². The van der Waals surface area contributed by atoms with Crippen LogP contribution in [-0.4, -0.2) is 46.4 Å². The van der Waals surface area contributed by atoms with Gasteiger partial charge in [0.25, 0.3) is 0 Å². The van der Waals surface area contributed by atoms with Crippen LogP contribution in [-0.2, 0) is 18.3 Å². The zero-order valence-electron chi connectivity index (χ0n) is 18.9. The lowest BCUT2D eigenvalue weighted by molar-refractivity contribution is 0.0514. The van der Waals surface area contributed by atoms with E-state index < -0.39 is 12.0 Å². The highest BCUT2D eigenvalue weighted by molar-refractivity contribution is 6.04. The first-order valence-corrected chi connectivity index (χ1v) is 10.2. The molecule has 1 aromatic carbocycles. The minimum Gasteiger partial charge on any atom is -0.461 e. The number of hydrogen-bond acceptors (Lipinski definition) is 4. The number of amides is 2. The van der Waals surface area contributed by atoms with Gasteiger partial charge in [-0.15, -0.1) is 0 Å². The number of ether oxygens (including phenoxy) is 1. The van der Waals surface area contributed by atoms with Crippen LogP contribution < -0.4 is 5.32 Å². The topological polar surface area (TPSA) is 80.6 Å². The molecule has 0 spiro atoms. The number of aromatic nitrogens is 1. The molecule has 0 saturated heterocycles. The molecule has 7 nitrogen and oxygen atoms in total. The van der Waals surface area contributed by atoms with Gasteiger partial charge in [-0.3, -0.25) is 4.79 Å². The summed E-state index contributed by atoms with van der Waals surface area (Å²) in [5.74, 6) is -1.16. The monoisotopic (exact) mass is 431 g/mol. The van der Waals surface area contributed by atoms with E-state index in [-0.39, 0.29) is 37.3 Å². The fourth-order valence-corrected chi connectivity index (χ4v) is 3.48. The first-order valence-electron chi connectivity index (χ1n) is 10.2. The number of nitrogens with zero attached hydrogens (tertiary/aromatic N) is 2. The van der Waals surface area contributed by atoms with E-state index in [1.54, 1.807) is 44.5 Å². The van der Waals surface area contributed by atoms with Crippen LogP contribution >= 0.6 is 0 Å². The number of esters is 1. The Hall–Kier alpha value is -3.16. The van der Waals surface area contributed by atoms with E-state index in [1.807, 2.05) is 13.8 Å². The molecule has 2 aromatic rings. The third kappa shape index (κ3) is 5.71. The molecule has 0 aliphatic carbocycles. The third-order valence-electron chi connectivity index (χ3n) is 5.00. The number of carbonyl (C=O) groups is 3. The van der Waals surface area contributed by atoms with Gasteiger partial charge in [-0.2, -0.15) is 0 Å². The zero-order valence-corrected chi connectivity index (χ0v) is 18.9. The van der Waals surface area contributed by atoms with Crippen LogP contribution in [0, 0.1) is 19.7 Å². The van der Waals surface area contributed by atoms with E-state index >= 15 is 0 Å². The summed E-state index contributed by atoms with van der Waals surface area (Å²) in [6, 6.07) is 5.26. The van der Waals surface area contributed by atoms with E-state index in [9.17, 15) is 18.8 Å². The zero-order chi connectivity index (χ0) is 23.3. The number of rotatable bonds is 8. The SMILES string of the molecule is CCOC(=O)c1c(C)c(C(=O)CN(Cc2ccc(F)cc2)C(=O)NC(C)C)c(C)n1C. The molecule has 2 amide bonds. The Labute approximate surface area is 182 Å². The molecule has 0 atom stereocenters. The molecule has 2 rings (SSSR count). The van der Waals surface area contributed by atoms with Gasteiger partial charge in [0.15, 0.2) is 5.78 Å². The molecule has 0 radical (unpaired) electrons. The van der Waals surface area contributed by atoms with Crippen molar-refractivity contribution in [1.29, 1.82) is 0 Å². The summed E-state index contributed by atoms with van der Waals surface area (Å²) in [4.78, 5) is 39.7. The van der Waals surface area contributed by atoms with Crippen molar-refractivity contribution in [3.63, 3.8) is 0 Å². The lowest BCUT2D eigenvalue weighted by Crippen LogP contribution is -2.44. The smallest absolute Gasteiger partial charge is 0.355 e.